The van der Waals surface area contributed by atoms with E-state index in [1.54, 1.807) is 31.4 Å². The van der Waals surface area contributed by atoms with Crippen LogP contribution < -0.4 is 10.1 Å². The topological polar surface area (TPSA) is 67.9 Å². The van der Waals surface area contributed by atoms with Gasteiger partial charge in [-0.1, -0.05) is 34.1 Å². The second-order valence-electron chi connectivity index (χ2n) is 6.45. The quantitative estimate of drug-likeness (QED) is 0.452. The molecule has 1 heterocycles. The van der Waals surface area contributed by atoms with Gasteiger partial charge in [-0.25, -0.2) is 0 Å². The lowest BCUT2D eigenvalue weighted by molar-refractivity contribution is -0.136. The summed E-state index contributed by atoms with van der Waals surface area (Å²) in [4.78, 5) is 27.4. The van der Waals surface area contributed by atoms with E-state index < -0.39 is 0 Å². The Hall–Kier alpha value is -2.64. The molecule has 3 rings (SSSR count). The SMILES string of the molecule is CCOc1ccc(C2=C(Nc3cccc(Br)c3)C(=O)N(CCCOC)C2=O)cc1. The monoisotopic (exact) mass is 458 g/mol. The van der Waals surface area contributed by atoms with E-state index in [4.69, 9.17) is 9.47 Å². The van der Waals surface area contributed by atoms with Crippen molar-refractivity contribution < 1.29 is 19.1 Å². The van der Waals surface area contributed by atoms with Gasteiger partial charge >= 0.3 is 0 Å². The normalized spacial score (nSPS) is 14.0. The molecule has 0 saturated heterocycles. The van der Waals surface area contributed by atoms with Gasteiger partial charge in [0.1, 0.15) is 11.4 Å². The number of ether oxygens (including phenoxy) is 2. The van der Waals surface area contributed by atoms with Crippen molar-refractivity contribution >= 4 is 39.0 Å². The first-order valence-electron chi connectivity index (χ1n) is 9.40. The molecule has 0 saturated carbocycles. The lowest BCUT2D eigenvalue weighted by atomic mass is 10.0. The summed E-state index contributed by atoms with van der Waals surface area (Å²) in [5, 5.41) is 3.15. The number of nitrogens with zero attached hydrogens (tertiary/aromatic N) is 1. The van der Waals surface area contributed by atoms with E-state index in [1.165, 1.54) is 4.90 Å². The number of carbonyl (C=O) groups excluding carboxylic acids is 2. The van der Waals surface area contributed by atoms with Crippen molar-refractivity contribution in [2.24, 2.45) is 0 Å². The molecule has 1 aliphatic heterocycles. The molecule has 2 aromatic carbocycles. The number of benzene rings is 2. The number of hydrogen-bond acceptors (Lipinski definition) is 5. The number of rotatable bonds is 9. The highest BCUT2D eigenvalue weighted by Gasteiger charge is 2.38. The van der Waals surface area contributed by atoms with Gasteiger partial charge in [-0.05, 0) is 49.2 Å². The molecule has 0 aromatic heterocycles. The molecule has 0 fully saturated rings. The Morgan fingerprint density at radius 3 is 2.48 bits per heavy atom. The summed E-state index contributed by atoms with van der Waals surface area (Å²) in [6.07, 6.45) is 0.578. The zero-order valence-electron chi connectivity index (χ0n) is 16.4. The van der Waals surface area contributed by atoms with Crippen LogP contribution in [-0.4, -0.2) is 43.6 Å². The first-order chi connectivity index (χ1) is 14.0. The molecule has 0 spiro atoms. The van der Waals surface area contributed by atoms with Crippen molar-refractivity contribution in [2.45, 2.75) is 13.3 Å². The number of nitrogens with one attached hydrogen (secondary N) is 1. The third-order valence-corrected chi connectivity index (χ3v) is 4.94. The van der Waals surface area contributed by atoms with Crippen molar-refractivity contribution in [3.8, 4) is 5.75 Å². The molecule has 1 N–H and O–H groups in total. The van der Waals surface area contributed by atoms with Crippen LogP contribution in [0.15, 0.2) is 58.7 Å². The van der Waals surface area contributed by atoms with Crippen molar-refractivity contribution in [1.29, 1.82) is 0 Å². The number of imide groups is 1. The molecule has 2 amide bonds. The molecule has 152 valence electrons. The summed E-state index contributed by atoms with van der Waals surface area (Å²) in [6.45, 7) is 3.25. The minimum Gasteiger partial charge on any atom is -0.494 e. The molecule has 2 aromatic rings. The van der Waals surface area contributed by atoms with E-state index in [9.17, 15) is 9.59 Å². The van der Waals surface area contributed by atoms with E-state index >= 15 is 0 Å². The summed E-state index contributed by atoms with van der Waals surface area (Å²) >= 11 is 3.43. The second kappa shape index (κ2) is 9.71. The van der Waals surface area contributed by atoms with Crippen LogP contribution in [0.3, 0.4) is 0 Å². The van der Waals surface area contributed by atoms with Gasteiger partial charge < -0.3 is 14.8 Å². The fraction of sp³-hybridized carbons (Fsp3) is 0.273. The van der Waals surface area contributed by atoms with Gasteiger partial charge in [0.25, 0.3) is 11.8 Å². The Labute approximate surface area is 178 Å². The summed E-state index contributed by atoms with van der Waals surface area (Å²) in [7, 11) is 1.59. The Morgan fingerprint density at radius 1 is 1.07 bits per heavy atom. The molecule has 0 radical (unpaired) electrons. The van der Waals surface area contributed by atoms with Crippen LogP contribution in [0.2, 0.25) is 0 Å². The average molecular weight is 459 g/mol. The highest BCUT2D eigenvalue weighted by molar-refractivity contribution is 9.10. The van der Waals surface area contributed by atoms with Crippen molar-refractivity contribution in [1.82, 2.24) is 4.90 Å². The Kier molecular flexibility index (Phi) is 7.06. The minimum atomic E-state index is -0.338. The number of halogens is 1. The van der Waals surface area contributed by atoms with Crippen LogP contribution in [0.25, 0.3) is 5.57 Å². The van der Waals surface area contributed by atoms with Gasteiger partial charge in [-0.3, -0.25) is 14.5 Å². The van der Waals surface area contributed by atoms with Crippen molar-refractivity contribution in [3.63, 3.8) is 0 Å². The predicted octanol–water partition coefficient (Wildman–Crippen LogP) is 4.08. The van der Waals surface area contributed by atoms with E-state index in [0.29, 0.717) is 43.1 Å². The van der Waals surface area contributed by atoms with Gasteiger partial charge in [-0.2, -0.15) is 0 Å². The van der Waals surface area contributed by atoms with Crippen LogP contribution in [0.1, 0.15) is 18.9 Å². The number of hydrogen-bond donors (Lipinski definition) is 1. The van der Waals surface area contributed by atoms with Gasteiger partial charge in [0.05, 0.1) is 12.2 Å². The van der Waals surface area contributed by atoms with E-state index in [0.717, 1.165) is 10.2 Å². The number of carbonyl (C=O) groups is 2. The molecule has 1 aliphatic rings. The lowest BCUT2D eigenvalue weighted by Gasteiger charge is -2.15. The van der Waals surface area contributed by atoms with Gasteiger partial charge in [0.15, 0.2) is 0 Å². The summed E-state index contributed by atoms with van der Waals surface area (Å²) in [5.74, 6) is 0.0646. The van der Waals surface area contributed by atoms with Gasteiger partial charge in [-0.15, -0.1) is 0 Å². The fourth-order valence-corrected chi connectivity index (χ4v) is 3.52. The van der Waals surface area contributed by atoms with Gasteiger partial charge in [0, 0.05) is 30.4 Å². The molecule has 29 heavy (non-hydrogen) atoms. The van der Waals surface area contributed by atoms with Crippen molar-refractivity contribution in [3.05, 3.63) is 64.3 Å². The van der Waals surface area contributed by atoms with Crippen LogP contribution in [-0.2, 0) is 14.3 Å². The maximum atomic E-state index is 13.1. The zero-order valence-corrected chi connectivity index (χ0v) is 18.0. The number of methoxy groups -OCH3 is 1. The third kappa shape index (κ3) is 4.86. The maximum Gasteiger partial charge on any atom is 0.278 e. The Bertz CT molecular complexity index is 925. The Balaban J connectivity index is 1.97. The number of amides is 2. The van der Waals surface area contributed by atoms with Crippen LogP contribution >= 0.6 is 15.9 Å². The first-order valence-corrected chi connectivity index (χ1v) is 10.2. The minimum absolute atomic E-state index is 0.273. The Morgan fingerprint density at radius 2 is 1.83 bits per heavy atom. The smallest absolute Gasteiger partial charge is 0.278 e. The average Bonchev–Trinajstić information content (AvgIpc) is 2.93. The van der Waals surface area contributed by atoms with Crippen molar-refractivity contribution in [2.75, 3.05) is 32.2 Å². The number of anilines is 1. The second-order valence-corrected chi connectivity index (χ2v) is 7.37. The largest absolute Gasteiger partial charge is 0.494 e. The van der Waals surface area contributed by atoms with E-state index in [2.05, 4.69) is 21.2 Å². The van der Waals surface area contributed by atoms with Crippen LogP contribution in [0.5, 0.6) is 5.75 Å². The fourth-order valence-electron chi connectivity index (χ4n) is 3.12. The molecular weight excluding hydrogens is 436 g/mol. The molecule has 6 nitrogen and oxygen atoms in total. The highest BCUT2D eigenvalue weighted by Crippen LogP contribution is 2.32. The molecule has 0 aliphatic carbocycles. The summed E-state index contributed by atoms with van der Waals surface area (Å²) < 4.78 is 11.4. The first kappa shape index (κ1) is 21.1. The maximum absolute atomic E-state index is 13.1. The zero-order chi connectivity index (χ0) is 20.8. The predicted molar refractivity (Wildman–Crippen MR) is 116 cm³/mol. The summed E-state index contributed by atoms with van der Waals surface area (Å²) in [5.41, 5.74) is 2.02. The van der Waals surface area contributed by atoms with Crippen LogP contribution in [0, 0.1) is 0 Å². The van der Waals surface area contributed by atoms with E-state index in [1.807, 2.05) is 31.2 Å². The third-order valence-electron chi connectivity index (χ3n) is 4.45. The molecule has 0 unspecified atom stereocenters. The molecular formula is C22H23BrN2O4. The standard InChI is InChI=1S/C22H23BrN2O4/c1-3-29-18-10-8-15(9-11-18)19-20(24-17-7-4-6-16(23)14-17)22(27)25(21(19)26)12-5-13-28-2/h4,6-11,14,24H,3,5,12-13H2,1-2H3. The van der Waals surface area contributed by atoms with E-state index in [-0.39, 0.29) is 17.5 Å². The summed E-state index contributed by atoms with van der Waals surface area (Å²) in [6, 6.07) is 14.7. The highest BCUT2D eigenvalue weighted by atomic mass is 79.9. The molecule has 0 bridgehead atoms. The van der Waals surface area contributed by atoms with Gasteiger partial charge in [0.2, 0.25) is 0 Å². The van der Waals surface area contributed by atoms with Crippen LogP contribution in [0.4, 0.5) is 5.69 Å². The molecule has 7 heteroatoms. The molecule has 0 atom stereocenters. The lowest BCUT2D eigenvalue weighted by Crippen LogP contribution is -2.33.